The first-order valence-electron chi connectivity index (χ1n) is 9.63. The number of amides is 4. The number of urea groups is 1. The normalized spacial score (nSPS) is 13.4. The lowest BCUT2D eigenvalue weighted by atomic mass is 10.1. The van der Waals surface area contributed by atoms with E-state index in [1.165, 1.54) is 0 Å². The summed E-state index contributed by atoms with van der Waals surface area (Å²) in [5, 5.41) is 2.50. The number of hydrogen-bond acceptors (Lipinski definition) is 4. The topological polar surface area (TPSA) is 82.9 Å². The van der Waals surface area contributed by atoms with Crippen LogP contribution >= 0.6 is 0 Å². The molecule has 1 aliphatic rings. The number of carbonyl (C=O) groups excluding carboxylic acids is 3. The number of hydrogen-bond donors (Lipinski definition) is 1. The predicted molar refractivity (Wildman–Crippen MR) is 109 cm³/mol. The van der Waals surface area contributed by atoms with Crippen LogP contribution in [-0.2, 0) is 24.4 Å². The summed E-state index contributed by atoms with van der Waals surface area (Å²) in [6.07, 6.45) is 1.59. The van der Waals surface area contributed by atoms with Gasteiger partial charge in [-0.05, 0) is 35.4 Å². The Balaban J connectivity index is 1.50. The van der Waals surface area contributed by atoms with Gasteiger partial charge in [0.25, 0.3) is 5.91 Å². The summed E-state index contributed by atoms with van der Waals surface area (Å²) in [6, 6.07) is 20.0. The van der Waals surface area contributed by atoms with E-state index in [0.29, 0.717) is 24.4 Å². The van der Waals surface area contributed by atoms with Gasteiger partial charge in [0.2, 0.25) is 5.91 Å². The Bertz CT molecular complexity index is 1010. The van der Waals surface area contributed by atoms with Crippen molar-refractivity contribution in [3.63, 3.8) is 0 Å². The molecule has 2 heterocycles. The molecular weight excluding hydrogens is 382 g/mol. The van der Waals surface area contributed by atoms with Gasteiger partial charge in [-0.2, -0.15) is 0 Å². The zero-order valence-corrected chi connectivity index (χ0v) is 16.3. The first-order chi connectivity index (χ1) is 14.6. The van der Waals surface area contributed by atoms with Crippen molar-refractivity contribution >= 4 is 17.8 Å². The van der Waals surface area contributed by atoms with Gasteiger partial charge in [0.15, 0.2) is 0 Å². The van der Waals surface area contributed by atoms with Crippen molar-refractivity contribution < 1.29 is 18.8 Å². The van der Waals surface area contributed by atoms with E-state index in [-0.39, 0.29) is 24.9 Å². The molecule has 1 aliphatic heterocycles. The third kappa shape index (κ3) is 4.41. The molecule has 30 heavy (non-hydrogen) atoms. The third-order valence-corrected chi connectivity index (χ3v) is 4.91. The molecule has 0 bridgehead atoms. The van der Waals surface area contributed by atoms with Crippen LogP contribution in [0.25, 0.3) is 0 Å². The first kappa shape index (κ1) is 19.4. The fraction of sp³-hybridized carbons (Fsp3) is 0.174. The molecule has 3 aromatic rings. The molecule has 7 heteroatoms. The standard InChI is InChI=1S/C23H21N3O4/c27-21-13-24-23(29)26(21)15-18-8-10-19(11-9-18)22(28)25(16-20-7-4-12-30-20)14-17-5-2-1-3-6-17/h1-12H,13-16H2,(H,24,29). The molecule has 0 atom stereocenters. The van der Waals surface area contributed by atoms with Crippen LogP contribution in [0.15, 0.2) is 77.4 Å². The van der Waals surface area contributed by atoms with E-state index < -0.39 is 6.03 Å². The molecule has 0 saturated carbocycles. The summed E-state index contributed by atoms with van der Waals surface area (Å²) in [6.45, 7) is 1.01. The molecule has 0 radical (unpaired) electrons. The number of furan rings is 1. The number of carbonyl (C=O) groups is 3. The molecule has 4 amide bonds. The van der Waals surface area contributed by atoms with E-state index in [1.54, 1.807) is 41.5 Å². The maximum atomic E-state index is 13.2. The van der Waals surface area contributed by atoms with Gasteiger partial charge in [-0.1, -0.05) is 42.5 Å². The van der Waals surface area contributed by atoms with E-state index in [9.17, 15) is 14.4 Å². The molecule has 152 valence electrons. The second-order valence-electron chi connectivity index (χ2n) is 7.06. The van der Waals surface area contributed by atoms with Crippen molar-refractivity contribution in [2.45, 2.75) is 19.6 Å². The van der Waals surface area contributed by atoms with Crippen molar-refractivity contribution in [3.05, 3.63) is 95.4 Å². The zero-order chi connectivity index (χ0) is 20.9. The molecule has 1 fully saturated rings. The second kappa shape index (κ2) is 8.65. The van der Waals surface area contributed by atoms with Gasteiger partial charge in [-0.25, -0.2) is 4.79 Å². The molecule has 1 aromatic heterocycles. The summed E-state index contributed by atoms with van der Waals surface area (Å²) in [5.41, 5.74) is 2.32. The van der Waals surface area contributed by atoms with E-state index in [4.69, 9.17) is 4.42 Å². The van der Waals surface area contributed by atoms with Crippen LogP contribution in [0.1, 0.15) is 27.2 Å². The van der Waals surface area contributed by atoms with Crippen LogP contribution in [0.3, 0.4) is 0 Å². The minimum Gasteiger partial charge on any atom is -0.467 e. The molecule has 1 saturated heterocycles. The summed E-state index contributed by atoms with van der Waals surface area (Å²) in [4.78, 5) is 39.5. The Hall–Kier alpha value is -3.87. The van der Waals surface area contributed by atoms with Gasteiger partial charge in [0.1, 0.15) is 5.76 Å². The van der Waals surface area contributed by atoms with Crippen LogP contribution in [0.2, 0.25) is 0 Å². The van der Waals surface area contributed by atoms with Crippen molar-refractivity contribution in [1.29, 1.82) is 0 Å². The van der Waals surface area contributed by atoms with Crippen LogP contribution in [-0.4, -0.2) is 34.2 Å². The van der Waals surface area contributed by atoms with Crippen LogP contribution in [0, 0.1) is 0 Å². The third-order valence-electron chi connectivity index (χ3n) is 4.91. The van der Waals surface area contributed by atoms with Crippen molar-refractivity contribution in [1.82, 2.24) is 15.1 Å². The fourth-order valence-corrected chi connectivity index (χ4v) is 3.33. The number of nitrogens with zero attached hydrogens (tertiary/aromatic N) is 2. The quantitative estimate of drug-likeness (QED) is 0.614. The molecule has 0 spiro atoms. The summed E-state index contributed by atoms with van der Waals surface area (Å²) >= 11 is 0. The molecule has 0 aliphatic carbocycles. The Morgan fingerprint density at radius 2 is 1.70 bits per heavy atom. The zero-order valence-electron chi connectivity index (χ0n) is 16.3. The summed E-state index contributed by atoms with van der Waals surface area (Å²) in [5.74, 6) is 0.318. The van der Waals surface area contributed by atoms with Crippen molar-refractivity contribution in [2.24, 2.45) is 0 Å². The number of benzene rings is 2. The molecular formula is C23H21N3O4. The van der Waals surface area contributed by atoms with E-state index >= 15 is 0 Å². The Morgan fingerprint density at radius 1 is 0.933 bits per heavy atom. The molecule has 0 unspecified atom stereocenters. The molecule has 1 N–H and O–H groups in total. The highest BCUT2D eigenvalue weighted by atomic mass is 16.3. The highest BCUT2D eigenvalue weighted by Crippen LogP contribution is 2.16. The smallest absolute Gasteiger partial charge is 0.324 e. The van der Waals surface area contributed by atoms with Crippen LogP contribution < -0.4 is 5.32 Å². The molecule has 7 nitrogen and oxygen atoms in total. The lowest BCUT2D eigenvalue weighted by molar-refractivity contribution is -0.125. The van der Waals surface area contributed by atoms with Crippen molar-refractivity contribution in [3.8, 4) is 0 Å². The summed E-state index contributed by atoms with van der Waals surface area (Å²) in [7, 11) is 0. The minimum absolute atomic E-state index is 0.0244. The van der Waals surface area contributed by atoms with Gasteiger partial charge in [0.05, 0.1) is 25.9 Å². The average Bonchev–Trinajstić information content (AvgIpc) is 3.39. The largest absolute Gasteiger partial charge is 0.467 e. The van der Waals surface area contributed by atoms with Crippen LogP contribution in [0.5, 0.6) is 0 Å². The Labute approximate surface area is 173 Å². The van der Waals surface area contributed by atoms with E-state index in [2.05, 4.69) is 5.32 Å². The number of rotatable bonds is 7. The Kier molecular flexibility index (Phi) is 5.61. The second-order valence-corrected chi connectivity index (χ2v) is 7.06. The highest BCUT2D eigenvalue weighted by Gasteiger charge is 2.28. The monoisotopic (exact) mass is 403 g/mol. The molecule has 4 rings (SSSR count). The first-order valence-corrected chi connectivity index (χ1v) is 9.63. The minimum atomic E-state index is -0.396. The van der Waals surface area contributed by atoms with Gasteiger partial charge >= 0.3 is 6.03 Å². The van der Waals surface area contributed by atoms with Gasteiger partial charge in [-0.3, -0.25) is 14.5 Å². The highest BCUT2D eigenvalue weighted by molar-refractivity contribution is 6.01. The Morgan fingerprint density at radius 3 is 2.33 bits per heavy atom. The van der Waals surface area contributed by atoms with E-state index in [0.717, 1.165) is 16.0 Å². The lowest BCUT2D eigenvalue weighted by Gasteiger charge is -2.22. The van der Waals surface area contributed by atoms with Crippen molar-refractivity contribution in [2.75, 3.05) is 6.54 Å². The maximum Gasteiger partial charge on any atom is 0.324 e. The number of nitrogens with one attached hydrogen (secondary N) is 1. The lowest BCUT2D eigenvalue weighted by Crippen LogP contribution is -2.31. The number of imide groups is 1. The summed E-state index contributed by atoms with van der Waals surface area (Å²) < 4.78 is 5.43. The van der Waals surface area contributed by atoms with Crippen LogP contribution in [0.4, 0.5) is 4.79 Å². The maximum absolute atomic E-state index is 13.2. The van der Waals surface area contributed by atoms with Gasteiger partial charge in [0, 0.05) is 12.1 Å². The molecule has 2 aromatic carbocycles. The average molecular weight is 403 g/mol. The SMILES string of the molecule is O=C(c1ccc(CN2C(=O)CNC2=O)cc1)N(Cc1ccccc1)Cc1ccco1. The van der Waals surface area contributed by atoms with Gasteiger partial charge < -0.3 is 14.6 Å². The fourth-order valence-electron chi connectivity index (χ4n) is 3.33. The van der Waals surface area contributed by atoms with E-state index in [1.807, 2.05) is 36.4 Å². The predicted octanol–water partition coefficient (Wildman–Crippen LogP) is 3.17. The van der Waals surface area contributed by atoms with Gasteiger partial charge in [-0.15, -0.1) is 0 Å².